The minimum atomic E-state index is -0.398. The van der Waals surface area contributed by atoms with Gasteiger partial charge in [-0.3, -0.25) is 9.36 Å². The second-order valence-electron chi connectivity index (χ2n) is 5.53. The van der Waals surface area contributed by atoms with E-state index in [0.717, 1.165) is 22.4 Å². The number of rotatable bonds is 5. The summed E-state index contributed by atoms with van der Waals surface area (Å²) in [6, 6.07) is 12.8. The van der Waals surface area contributed by atoms with Gasteiger partial charge in [-0.1, -0.05) is 18.2 Å². The van der Waals surface area contributed by atoms with E-state index in [2.05, 4.69) is 5.32 Å². The molecule has 1 amide bonds. The number of methoxy groups -OCH3 is 1. The third-order valence-electron chi connectivity index (χ3n) is 3.87. The minimum Gasteiger partial charge on any atom is -0.497 e. The lowest BCUT2D eigenvalue weighted by Gasteiger charge is -2.06. The molecule has 3 rings (SSSR count). The molecule has 1 heterocycles. The monoisotopic (exact) mass is 326 g/mol. The second kappa shape index (κ2) is 6.62. The van der Waals surface area contributed by atoms with E-state index in [9.17, 15) is 9.59 Å². The maximum absolute atomic E-state index is 12.0. The van der Waals surface area contributed by atoms with E-state index in [1.807, 2.05) is 36.4 Å². The number of fused-ring (bicyclic) bond motifs is 1. The van der Waals surface area contributed by atoms with Crippen LogP contribution in [0.5, 0.6) is 5.75 Å². The van der Waals surface area contributed by atoms with Gasteiger partial charge in [0.1, 0.15) is 5.75 Å². The first-order valence-corrected chi connectivity index (χ1v) is 7.55. The van der Waals surface area contributed by atoms with Crippen LogP contribution in [0.4, 0.5) is 0 Å². The summed E-state index contributed by atoms with van der Waals surface area (Å²) < 4.78 is 11.7. The van der Waals surface area contributed by atoms with Crippen LogP contribution in [0.15, 0.2) is 51.7 Å². The molecule has 0 radical (unpaired) electrons. The maximum atomic E-state index is 12.0. The Labute approximate surface area is 138 Å². The summed E-state index contributed by atoms with van der Waals surface area (Å²) in [6.07, 6.45) is 0.298. The van der Waals surface area contributed by atoms with Gasteiger partial charge >= 0.3 is 5.76 Å². The number of carbonyl (C=O) groups excluding carboxylic acids is 1. The summed E-state index contributed by atoms with van der Waals surface area (Å²) in [6.45, 7) is 0.379. The van der Waals surface area contributed by atoms with Gasteiger partial charge in [0.2, 0.25) is 5.91 Å². The molecule has 6 nitrogen and oxygen atoms in total. The van der Waals surface area contributed by atoms with Gasteiger partial charge in [-0.2, -0.15) is 0 Å². The quantitative estimate of drug-likeness (QED) is 0.778. The zero-order valence-corrected chi connectivity index (χ0v) is 13.5. The van der Waals surface area contributed by atoms with Crippen LogP contribution in [-0.4, -0.2) is 17.6 Å². The third kappa shape index (κ3) is 3.32. The number of hydrogen-bond donors (Lipinski definition) is 1. The average Bonchev–Trinajstić information content (AvgIpc) is 2.87. The normalized spacial score (nSPS) is 10.8. The summed E-state index contributed by atoms with van der Waals surface area (Å²) in [5, 5.41) is 2.87. The topological polar surface area (TPSA) is 73.5 Å². The van der Waals surface area contributed by atoms with E-state index in [0.29, 0.717) is 18.5 Å². The van der Waals surface area contributed by atoms with Crippen LogP contribution in [-0.2, 0) is 24.8 Å². The van der Waals surface area contributed by atoms with Crippen molar-refractivity contribution in [3.8, 4) is 5.75 Å². The van der Waals surface area contributed by atoms with Crippen LogP contribution < -0.4 is 15.8 Å². The number of nitrogens with one attached hydrogen (secondary N) is 1. The molecule has 2 aromatic carbocycles. The molecule has 1 N–H and O–H groups in total. The number of ether oxygens (including phenoxy) is 1. The van der Waals surface area contributed by atoms with Crippen LogP contribution >= 0.6 is 0 Å². The SMILES string of the molecule is COc1ccc(CC(=O)NCc2ccc3c(c2)oc(=O)n3C)cc1. The lowest BCUT2D eigenvalue weighted by atomic mass is 10.1. The van der Waals surface area contributed by atoms with Crippen LogP contribution in [0.1, 0.15) is 11.1 Å². The van der Waals surface area contributed by atoms with Crippen molar-refractivity contribution in [1.29, 1.82) is 0 Å². The molecular weight excluding hydrogens is 308 g/mol. The van der Waals surface area contributed by atoms with Crippen LogP contribution in [0.3, 0.4) is 0 Å². The van der Waals surface area contributed by atoms with E-state index in [-0.39, 0.29) is 5.91 Å². The van der Waals surface area contributed by atoms with Gasteiger partial charge < -0.3 is 14.5 Å². The number of amides is 1. The summed E-state index contributed by atoms with van der Waals surface area (Å²) in [4.78, 5) is 23.5. The van der Waals surface area contributed by atoms with Gasteiger partial charge in [0.05, 0.1) is 19.0 Å². The van der Waals surface area contributed by atoms with E-state index in [1.54, 1.807) is 20.2 Å². The molecule has 0 spiro atoms. The smallest absolute Gasteiger partial charge is 0.419 e. The van der Waals surface area contributed by atoms with Crippen molar-refractivity contribution >= 4 is 17.0 Å². The molecule has 24 heavy (non-hydrogen) atoms. The highest BCUT2D eigenvalue weighted by Crippen LogP contribution is 2.14. The summed E-state index contributed by atoms with van der Waals surface area (Å²) >= 11 is 0. The highest BCUT2D eigenvalue weighted by Gasteiger charge is 2.08. The van der Waals surface area contributed by atoms with Crippen LogP contribution in [0.2, 0.25) is 0 Å². The Bertz CT molecular complexity index is 922. The maximum Gasteiger partial charge on any atom is 0.419 e. The Morgan fingerprint density at radius 3 is 2.58 bits per heavy atom. The van der Waals surface area contributed by atoms with Crippen LogP contribution in [0.25, 0.3) is 11.1 Å². The Morgan fingerprint density at radius 2 is 1.88 bits per heavy atom. The first-order valence-electron chi connectivity index (χ1n) is 7.55. The van der Waals surface area contributed by atoms with Gasteiger partial charge in [0, 0.05) is 13.6 Å². The predicted molar refractivity (Wildman–Crippen MR) is 90.0 cm³/mol. The Kier molecular flexibility index (Phi) is 4.37. The first kappa shape index (κ1) is 15.9. The van der Waals surface area contributed by atoms with E-state index in [1.165, 1.54) is 4.57 Å². The largest absolute Gasteiger partial charge is 0.497 e. The lowest BCUT2D eigenvalue weighted by Crippen LogP contribution is -2.24. The average molecular weight is 326 g/mol. The highest BCUT2D eigenvalue weighted by atomic mass is 16.5. The molecule has 0 atom stereocenters. The number of carbonyl (C=O) groups is 1. The van der Waals surface area contributed by atoms with Crippen molar-refractivity contribution < 1.29 is 13.9 Å². The van der Waals surface area contributed by atoms with E-state index in [4.69, 9.17) is 9.15 Å². The van der Waals surface area contributed by atoms with E-state index >= 15 is 0 Å². The molecular formula is C18H18N2O4. The number of oxazole rings is 1. The van der Waals surface area contributed by atoms with Gasteiger partial charge in [0.25, 0.3) is 0 Å². The minimum absolute atomic E-state index is 0.0743. The number of nitrogens with zero attached hydrogens (tertiary/aromatic N) is 1. The first-order chi connectivity index (χ1) is 11.6. The standard InChI is InChI=1S/C18H18N2O4/c1-20-15-8-5-13(9-16(15)24-18(20)22)11-19-17(21)10-12-3-6-14(23-2)7-4-12/h3-9H,10-11H2,1-2H3,(H,19,21). The van der Waals surface area contributed by atoms with E-state index < -0.39 is 5.76 Å². The fourth-order valence-corrected chi connectivity index (χ4v) is 2.48. The zero-order chi connectivity index (χ0) is 17.1. The Balaban J connectivity index is 1.62. The molecule has 6 heteroatoms. The molecule has 0 bridgehead atoms. The van der Waals surface area contributed by atoms with Crippen molar-refractivity contribution in [3.05, 3.63) is 64.1 Å². The molecule has 0 aliphatic heterocycles. The van der Waals surface area contributed by atoms with Crippen molar-refractivity contribution in [1.82, 2.24) is 9.88 Å². The third-order valence-corrected chi connectivity index (χ3v) is 3.87. The molecule has 3 aromatic rings. The summed E-state index contributed by atoms with van der Waals surface area (Å²) in [7, 11) is 3.26. The Hall–Kier alpha value is -3.02. The second-order valence-corrected chi connectivity index (χ2v) is 5.53. The predicted octanol–water partition coefficient (Wildman–Crippen LogP) is 2.00. The molecule has 1 aromatic heterocycles. The van der Waals surface area contributed by atoms with Gasteiger partial charge in [0.15, 0.2) is 5.58 Å². The fourth-order valence-electron chi connectivity index (χ4n) is 2.48. The highest BCUT2D eigenvalue weighted by molar-refractivity contribution is 5.79. The van der Waals surface area contributed by atoms with Crippen molar-refractivity contribution in [2.45, 2.75) is 13.0 Å². The Morgan fingerprint density at radius 1 is 1.17 bits per heavy atom. The number of benzene rings is 2. The van der Waals surface area contributed by atoms with Gasteiger partial charge in [-0.05, 0) is 35.4 Å². The number of hydrogen-bond acceptors (Lipinski definition) is 4. The molecule has 0 aliphatic rings. The summed E-state index contributed by atoms with van der Waals surface area (Å²) in [5.74, 6) is 0.289. The molecule has 0 fully saturated rings. The molecule has 0 unspecified atom stereocenters. The van der Waals surface area contributed by atoms with Crippen LogP contribution in [0, 0.1) is 0 Å². The lowest BCUT2D eigenvalue weighted by molar-refractivity contribution is -0.120. The molecule has 0 saturated carbocycles. The number of aryl methyl sites for hydroxylation is 1. The van der Waals surface area contributed by atoms with Gasteiger partial charge in [-0.15, -0.1) is 0 Å². The fraction of sp³-hybridized carbons (Fsp3) is 0.222. The van der Waals surface area contributed by atoms with Crippen molar-refractivity contribution in [3.63, 3.8) is 0 Å². The van der Waals surface area contributed by atoms with Gasteiger partial charge in [-0.25, -0.2) is 4.79 Å². The molecule has 0 aliphatic carbocycles. The zero-order valence-electron chi connectivity index (χ0n) is 13.5. The van der Waals surface area contributed by atoms with Crippen molar-refractivity contribution in [2.24, 2.45) is 7.05 Å². The molecule has 124 valence electrons. The number of aromatic nitrogens is 1. The summed E-state index contributed by atoms with van der Waals surface area (Å²) in [5.41, 5.74) is 3.04. The molecule has 0 saturated heterocycles. The van der Waals surface area contributed by atoms with Crippen molar-refractivity contribution in [2.75, 3.05) is 7.11 Å².